The van der Waals surface area contributed by atoms with Crippen LogP contribution in [-0.4, -0.2) is 65.8 Å². The number of nitrogens with zero attached hydrogens (tertiary/aromatic N) is 2. The van der Waals surface area contributed by atoms with Gasteiger partial charge in [-0.25, -0.2) is 10.2 Å². The Hall–Kier alpha value is -3.22. The van der Waals surface area contributed by atoms with E-state index in [1.165, 1.54) is 0 Å². The second-order valence-corrected chi connectivity index (χ2v) is 10.2. The number of carbonyl (C=O) groups is 4. The predicted octanol–water partition coefficient (Wildman–Crippen LogP) is 3.19. The highest BCUT2D eigenvalue weighted by Gasteiger charge is 2.35. The first-order valence-corrected chi connectivity index (χ1v) is 12.8. The normalized spacial score (nSPS) is 17.9. The van der Waals surface area contributed by atoms with E-state index in [1.807, 2.05) is 43.9 Å². The van der Waals surface area contributed by atoms with Crippen LogP contribution in [0.2, 0.25) is 0 Å². The number of amides is 2. The van der Waals surface area contributed by atoms with Crippen molar-refractivity contribution in [2.24, 2.45) is 5.73 Å². The van der Waals surface area contributed by atoms with Crippen LogP contribution in [-0.2, 0) is 20.9 Å². The number of hydrogen-bond acceptors (Lipinski definition) is 7. The molecule has 1 aromatic rings. The van der Waals surface area contributed by atoms with E-state index in [1.54, 1.807) is 12.1 Å². The Balaban J connectivity index is 0.000000604. The number of carbonyl (C=O) groups excluding carboxylic acids is 4. The number of unbranched alkanes of at least 4 members (excludes halogenated alkanes) is 3. The van der Waals surface area contributed by atoms with Crippen molar-refractivity contribution in [3.63, 3.8) is 0 Å². The third kappa shape index (κ3) is 9.63. The van der Waals surface area contributed by atoms with Crippen LogP contribution in [0, 0.1) is 11.8 Å². The molecule has 0 bridgehead atoms. The average molecular weight is 513 g/mol. The average Bonchev–Trinajstić information content (AvgIpc) is 3.14. The van der Waals surface area contributed by atoms with Gasteiger partial charge in [0.1, 0.15) is 18.2 Å². The summed E-state index contributed by atoms with van der Waals surface area (Å²) in [6.07, 6.45) is 6.19. The van der Waals surface area contributed by atoms with Gasteiger partial charge < -0.3 is 25.0 Å². The summed E-state index contributed by atoms with van der Waals surface area (Å²) in [5.74, 6) is 6.35. The largest absolute Gasteiger partial charge is 0.444 e. The number of nitrogens with two attached hydrogens (primary N) is 1. The van der Waals surface area contributed by atoms with Crippen molar-refractivity contribution in [1.82, 2.24) is 15.3 Å². The quantitative estimate of drug-likeness (QED) is 0.296. The maximum absolute atomic E-state index is 12.6. The van der Waals surface area contributed by atoms with Gasteiger partial charge in [0.05, 0.1) is 6.54 Å². The molecule has 0 spiro atoms. The van der Waals surface area contributed by atoms with Crippen LogP contribution in [0.15, 0.2) is 18.2 Å². The number of rotatable bonds is 9. The molecule has 2 amide bonds. The van der Waals surface area contributed by atoms with Gasteiger partial charge in [0, 0.05) is 56.1 Å². The fourth-order valence-electron chi connectivity index (χ4n) is 3.99. The van der Waals surface area contributed by atoms with Gasteiger partial charge in [0.15, 0.2) is 0 Å². The van der Waals surface area contributed by atoms with Gasteiger partial charge in [-0.05, 0) is 70.2 Å². The van der Waals surface area contributed by atoms with Crippen LogP contribution >= 0.6 is 0 Å². The maximum atomic E-state index is 12.6. The number of fused-ring (bicyclic) bond motifs is 1. The first-order valence-electron chi connectivity index (χ1n) is 12.8. The zero-order chi connectivity index (χ0) is 27.4. The number of aldehydes is 2. The number of hydrazine groups is 1. The third-order valence-corrected chi connectivity index (χ3v) is 5.98. The predicted molar refractivity (Wildman–Crippen MR) is 141 cm³/mol. The van der Waals surface area contributed by atoms with Crippen LogP contribution in [0.3, 0.4) is 0 Å². The van der Waals surface area contributed by atoms with Gasteiger partial charge in [-0.3, -0.25) is 9.80 Å². The molecule has 3 N–H and O–H groups in total. The molecule has 202 valence electrons. The van der Waals surface area contributed by atoms with E-state index >= 15 is 0 Å². The molecular formula is C28H40N4O5. The minimum Gasteiger partial charge on any atom is -0.444 e. The Morgan fingerprint density at radius 3 is 2.46 bits per heavy atom. The van der Waals surface area contributed by atoms with Gasteiger partial charge >= 0.3 is 6.09 Å². The van der Waals surface area contributed by atoms with Gasteiger partial charge in [-0.1, -0.05) is 11.8 Å². The molecule has 1 aliphatic carbocycles. The smallest absolute Gasteiger partial charge is 0.410 e. The molecule has 37 heavy (non-hydrogen) atoms. The minimum absolute atomic E-state index is 0.00930. The molecule has 1 heterocycles. The Labute approximate surface area is 220 Å². The fraction of sp³-hybridized carbons (Fsp3) is 0.571. The molecule has 9 heteroatoms. The molecule has 9 nitrogen and oxygen atoms in total. The summed E-state index contributed by atoms with van der Waals surface area (Å²) >= 11 is 0. The monoisotopic (exact) mass is 512 g/mol. The molecule has 0 aromatic heterocycles. The summed E-state index contributed by atoms with van der Waals surface area (Å²) in [6.45, 7) is 6.79. The molecule has 0 unspecified atom stereocenters. The topological polar surface area (TPSA) is 122 Å². The molecule has 1 fully saturated rings. The highest BCUT2D eigenvalue weighted by Crippen LogP contribution is 2.26. The van der Waals surface area contributed by atoms with Crippen molar-refractivity contribution in [1.29, 1.82) is 0 Å². The first kappa shape index (κ1) is 30.0. The maximum Gasteiger partial charge on any atom is 0.410 e. The lowest BCUT2D eigenvalue weighted by atomic mass is 9.86. The van der Waals surface area contributed by atoms with E-state index in [4.69, 9.17) is 10.5 Å². The van der Waals surface area contributed by atoms with E-state index < -0.39 is 5.60 Å². The van der Waals surface area contributed by atoms with Crippen molar-refractivity contribution < 1.29 is 23.9 Å². The van der Waals surface area contributed by atoms with Crippen molar-refractivity contribution in [2.75, 3.05) is 13.6 Å². The van der Waals surface area contributed by atoms with E-state index in [0.717, 1.165) is 48.5 Å². The first-order chi connectivity index (χ1) is 17.6. The highest BCUT2D eigenvalue weighted by atomic mass is 16.6. The van der Waals surface area contributed by atoms with Gasteiger partial charge in [-0.15, -0.1) is 0 Å². The van der Waals surface area contributed by atoms with E-state index in [9.17, 15) is 19.2 Å². The molecule has 1 aliphatic heterocycles. The van der Waals surface area contributed by atoms with Crippen molar-refractivity contribution >= 4 is 24.6 Å². The summed E-state index contributed by atoms with van der Waals surface area (Å²) in [4.78, 5) is 45.6. The number of ether oxygens (including phenoxy) is 1. The van der Waals surface area contributed by atoms with Gasteiger partial charge in [-0.2, -0.15) is 0 Å². The number of nitrogens with one attached hydrogen (secondary N) is 1. The molecule has 1 saturated carbocycles. The Bertz CT molecular complexity index is 994. The fourth-order valence-corrected chi connectivity index (χ4v) is 3.99. The minimum atomic E-state index is -0.515. The molecule has 0 saturated heterocycles. The lowest BCUT2D eigenvalue weighted by Gasteiger charge is -2.41. The lowest BCUT2D eigenvalue weighted by Crippen LogP contribution is -2.54. The SMILES string of the molecule is CNN1Cc2cc(C#CCCCN(C(=O)OC(C)(C)C)C3CC(N)C3)ccc2C1=O.O=CCCCC=O. The zero-order valence-corrected chi connectivity index (χ0v) is 22.4. The molecular weight excluding hydrogens is 472 g/mol. The second-order valence-electron chi connectivity index (χ2n) is 10.2. The summed E-state index contributed by atoms with van der Waals surface area (Å²) in [5, 5.41) is 1.58. The van der Waals surface area contributed by atoms with Gasteiger partial charge in [0.25, 0.3) is 5.91 Å². The summed E-state index contributed by atoms with van der Waals surface area (Å²) in [6, 6.07) is 6.02. The molecule has 0 atom stereocenters. The van der Waals surface area contributed by atoms with Crippen LogP contribution in [0.5, 0.6) is 0 Å². The van der Waals surface area contributed by atoms with E-state index in [0.29, 0.717) is 38.8 Å². The number of hydrogen-bond donors (Lipinski definition) is 2. The Morgan fingerprint density at radius 1 is 1.22 bits per heavy atom. The standard InChI is InChI=1S/C23H32N4O3.C5H8O2/c1-23(2,3)30-22(29)26(19-13-18(24)14-19)11-7-5-6-8-16-9-10-20-17(12-16)15-27(25-4)21(20)28;6-4-2-1-3-5-7/h9-10,12,18-19,25H,5,7,11,13-15,24H2,1-4H3;4-5H,1-3H2. The number of benzene rings is 1. The van der Waals surface area contributed by atoms with Crippen LogP contribution in [0.25, 0.3) is 0 Å². The summed E-state index contributed by atoms with van der Waals surface area (Å²) in [5.41, 5.74) is 10.9. The van der Waals surface area contributed by atoms with Crippen molar-refractivity contribution in [2.45, 2.75) is 89.9 Å². The summed E-state index contributed by atoms with van der Waals surface area (Å²) < 4.78 is 5.56. The summed E-state index contributed by atoms with van der Waals surface area (Å²) in [7, 11) is 1.74. The Morgan fingerprint density at radius 2 is 1.89 bits per heavy atom. The van der Waals surface area contributed by atoms with E-state index in [2.05, 4.69) is 17.3 Å². The van der Waals surface area contributed by atoms with Crippen molar-refractivity contribution in [3.05, 3.63) is 34.9 Å². The second kappa shape index (κ2) is 14.5. The van der Waals surface area contributed by atoms with E-state index in [-0.39, 0.29) is 24.1 Å². The third-order valence-electron chi connectivity index (χ3n) is 5.98. The molecule has 2 aliphatic rings. The molecule has 1 aromatic carbocycles. The zero-order valence-electron chi connectivity index (χ0n) is 22.4. The highest BCUT2D eigenvalue weighted by molar-refractivity contribution is 5.98. The lowest BCUT2D eigenvalue weighted by molar-refractivity contribution is -0.108. The van der Waals surface area contributed by atoms with Crippen LogP contribution in [0.4, 0.5) is 4.79 Å². The molecule has 0 radical (unpaired) electrons. The molecule has 3 rings (SSSR count). The van der Waals surface area contributed by atoms with Gasteiger partial charge in [0.2, 0.25) is 0 Å². The van der Waals surface area contributed by atoms with Crippen molar-refractivity contribution in [3.8, 4) is 11.8 Å². The van der Waals surface area contributed by atoms with Crippen LogP contribution in [0.1, 0.15) is 87.2 Å². The van der Waals surface area contributed by atoms with Crippen LogP contribution < -0.4 is 11.2 Å². The Kier molecular flexibility index (Phi) is 11.8.